The maximum Gasteiger partial charge on any atom is 0.243 e. The number of sulfonamides is 1. The summed E-state index contributed by atoms with van der Waals surface area (Å²) < 4.78 is 32.9. The lowest BCUT2D eigenvalue weighted by atomic mass is 10.1. The van der Waals surface area contributed by atoms with Gasteiger partial charge >= 0.3 is 0 Å². The van der Waals surface area contributed by atoms with Crippen molar-refractivity contribution in [1.82, 2.24) is 9.21 Å². The van der Waals surface area contributed by atoms with E-state index in [2.05, 4.69) is 0 Å². The fourth-order valence-electron chi connectivity index (χ4n) is 3.03. The van der Waals surface area contributed by atoms with Crippen LogP contribution in [0.4, 0.5) is 0 Å². The molecule has 0 radical (unpaired) electrons. The minimum absolute atomic E-state index is 0.0260. The van der Waals surface area contributed by atoms with Crippen LogP contribution in [0.2, 0.25) is 0 Å². The number of benzene rings is 2. The highest BCUT2D eigenvalue weighted by molar-refractivity contribution is 7.89. The van der Waals surface area contributed by atoms with Gasteiger partial charge in [0.15, 0.2) is 0 Å². The molecule has 128 valence electrons. The van der Waals surface area contributed by atoms with E-state index in [1.807, 2.05) is 18.2 Å². The van der Waals surface area contributed by atoms with Crippen LogP contribution in [0.25, 0.3) is 10.8 Å². The molecule has 1 fully saturated rings. The summed E-state index contributed by atoms with van der Waals surface area (Å²) in [6, 6.07) is 10.6. The van der Waals surface area contributed by atoms with Crippen LogP contribution in [-0.4, -0.2) is 56.8 Å². The van der Waals surface area contributed by atoms with E-state index in [4.69, 9.17) is 4.74 Å². The van der Waals surface area contributed by atoms with Crippen molar-refractivity contribution >= 4 is 26.7 Å². The molecule has 1 aliphatic rings. The minimum atomic E-state index is -3.62. The number of amides is 1. The molecule has 1 aliphatic heterocycles. The van der Waals surface area contributed by atoms with Gasteiger partial charge in [-0.25, -0.2) is 8.42 Å². The fourth-order valence-corrected chi connectivity index (χ4v) is 4.65. The first-order valence-corrected chi connectivity index (χ1v) is 9.20. The molecule has 0 aromatic heterocycles. The number of fused-ring (bicyclic) bond motifs is 1. The van der Waals surface area contributed by atoms with Crippen molar-refractivity contribution in [2.45, 2.75) is 11.8 Å². The standard InChI is InChI=1S/C17H20N2O4S/c1-13(20)18-9-11-19(12-10-18)24(21,22)17-8-7-16(23-2)14-5-3-4-6-15(14)17/h3-8H,9-12H2,1-2H3. The molecule has 2 aromatic rings. The monoisotopic (exact) mass is 348 g/mol. The number of piperazine rings is 1. The molecule has 3 rings (SSSR count). The topological polar surface area (TPSA) is 66.9 Å². The Balaban J connectivity index is 1.99. The van der Waals surface area contributed by atoms with Gasteiger partial charge in [-0.3, -0.25) is 4.79 Å². The molecule has 0 N–H and O–H groups in total. The molecule has 1 amide bonds. The zero-order chi connectivity index (χ0) is 17.3. The molecular weight excluding hydrogens is 328 g/mol. The van der Waals surface area contributed by atoms with Crippen molar-refractivity contribution in [3.63, 3.8) is 0 Å². The number of carbonyl (C=O) groups is 1. The molecule has 0 aliphatic carbocycles. The average molecular weight is 348 g/mol. The summed E-state index contributed by atoms with van der Waals surface area (Å²) in [5.41, 5.74) is 0. The van der Waals surface area contributed by atoms with E-state index in [1.54, 1.807) is 30.2 Å². The first-order chi connectivity index (χ1) is 11.4. The van der Waals surface area contributed by atoms with Gasteiger partial charge in [-0.2, -0.15) is 4.31 Å². The normalized spacial score (nSPS) is 16.3. The zero-order valence-corrected chi connectivity index (χ0v) is 14.5. The Kier molecular flexibility index (Phi) is 4.47. The van der Waals surface area contributed by atoms with Gasteiger partial charge in [-0.1, -0.05) is 24.3 Å². The molecule has 0 unspecified atom stereocenters. The highest BCUT2D eigenvalue weighted by atomic mass is 32.2. The molecule has 24 heavy (non-hydrogen) atoms. The lowest BCUT2D eigenvalue weighted by Crippen LogP contribution is -2.49. The highest BCUT2D eigenvalue weighted by Crippen LogP contribution is 2.32. The molecule has 1 heterocycles. The Labute approximate surface area is 141 Å². The van der Waals surface area contributed by atoms with Gasteiger partial charge in [-0.05, 0) is 12.1 Å². The number of nitrogens with zero attached hydrogens (tertiary/aromatic N) is 2. The molecule has 6 nitrogen and oxygen atoms in total. The van der Waals surface area contributed by atoms with Crippen LogP contribution in [0.15, 0.2) is 41.3 Å². The second kappa shape index (κ2) is 6.41. The third-order valence-electron chi connectivity index (χ3n) is 4.37. The summed E-state index contributed by atoms with van der Waals surface area (Å²) in [6.07, 6.45) is 0. The van der Waals surface area contributed by atoms with Crippen LogP contribution in [-0.2, 0) is 14.8 Å². The predicted octanol–water partition coefficient (Wildman–Crippen LogP) is 1.70. The van der Waals surface area contributed by atoms with Crippen LogP contribution in [0.5, 0.6) is 5.75 Å². The summed E-state index contributed by atoms with van der Waals surface area (Å²) in [4.78, 5) is 13.4. The van der Waals surface area contributed by atoms with Gasteiger partial charge in [-0.15, -0.1) is 0 Å². The molecule has 0 saturated carbocycles. The number of hydrogen-bond donors (Lipinski definition) is 0. The van der Waals surface area contributed by atoms with Crippen molar-refractivity contribution < 1.29 is 17.9 Å². The number of methoxy groups -OCH3 is 1. The maximum absolute atomic E-state index is 13.1. The maximum atomic E-state index is 13.1. The van der Waals surface area contributed by atoms with Crippen molar-refractivity contribution in [3.05, 3.63) is 36.4 Å². The van der Waals surface area contributed by atoms with Crippen LogP contribution in [0.3, 0.4) is 0 Å². The fraction of sp³-hybridized carbons (Fsp3) is 0.353. The van der Waals surface area contributed by atoms with Crippen molar-refractivity contribution in [2.24, 2.45) is 0 Å². The third kappa shape index (κ3) is 2.85. The number of rotatable bonds is 3. The molecule has 0 bridgehead atoms. The van der Waals surface area contributed by atoms with Crippen LogP contribution in [0.1, 0.15) is 6.92 Å². The second-order valence-electron chi connectivity index (χ2n) is 5.72. The lowest BCUT2D eigenvalue weighted by Gasteiger charge is -2.33. The molecule has 0 spiro atoms. The number of hydrogen-bond acceptors (Lipinski definition) is 4. The Bertz CT molecular complexity index is 871. The SMILES string of the molecule is COc1ccc(S(=O)(=O)N2CCN(C(C)=O)CC2)c2ccccc12. The van der Waals surface area contributed by atoms with E-state index in [0.717, 1.165) is 5.39 Å². The van der Waals surface area contributed by atoms with Gasteiger partial charge in [0.25, 0.3) is 0 Å². The minimum Gasteiger partial charge on any atom is -0.496 e. The summed E-state index contributed by atoms with van der Waals surface area (Å²) >= 11 is 0. The summed E-state index contributed by atoms with van der Waals surface area (Å²) in [6.45, 7) is 2.96. The third-order valence-corrected chi connectivity index (χ3v) is 6.32. The van der Waals surface area contributed by atoms with Gasteiger partial charge in [0, 0.05) is 43.9 Å². The van der Waals surface area contributed by atoms with Gasteiger partial charge in [0.05, 0.1) is 12.0 Å². The Morgan fingerprint density at radius 2 is 1.62 bits per heavy atom. The Morgan fingerprint density at radius 1 is 1.00 bits per heavy atom. The van der Waals surface area contributed by atoms with Gasteiger partial charge in [0.1, 0.15) is 5.75 Å². The Hall–Kier alpha value is -2.12. The zero-order valence-electron chi connectivity index (χ0n) is 13.7. The smallest absolute Gasteiger partial charge is 0.243 e. The van der Waals surface area contributed by atoms with E-state index in [0.29, 0.717) is 37.3 Å². The van der Waals surface area contributed by atoms with Crippen LogP contribution in [0, 0.1) is 0 Å². The van der Waals surface area contributed by atoms with Crippen LogP contribution < -0.4 is 4.74 Å². The van der Waals surface area contributed by atoms with E-state index in [1.165, 1.54) is 11.2 Å². The largest absolute Gasteiger partial charge is 0.496 e. The molecule has 0 atom stereocenters. The molecule has 7 heteroatoms. The lowest BCUT2D eigenvalue weighted by molar-refractivity contribution is -0.129. The van der Waals surface area contributed by atoms with E-state index in [-0.39, 0.29) is 10.8 Å². The van der Waals surface area contributed by atoms with Crippen LogP contribution >= 0.6 is 0 Å². The summed E-state index contributed by atoms with van der Waals surface area (Å²) in [5.74, 6) is 0.618. The van der Waals surface area contributed by atoms with E-state index >= 15 is 0 Å². The first kappa shape index (κ1) is 16.7. The number of carbonyl (C=O) groups excluding carboxylic acids is 1. The quantitative estimate of drug-likeness (QED) is 0.847. The molecule has 1 saturated heterocycles. The average Bonchev–Trinajstić information content (AvgIpc) is 2.60. The number of ether oxygens (including phenoxy) is 1. The van der Waals surface area contributed by atoms with Gasteiger partial charge < -0.3 is 9.64 Å². The van der Waals surface area contributed by atoms with Crippen molar-refractivity contribution in [1.29, 1.82) is 0 Å². The summed E-state index contributed by atoms with van der Waals surface area (Å²) in [5, 5.41) is 1.41. The van der Waals surface area contributed by atoms with E-state index < -0.39 is 10.0 Å². The predicted molar refractivity (Wildman–Crippen MR) is 91.5 cm³/mol. The highest BCUT2D eigenvalue weighted by Gasteiger charge is 2.30. The molecular formula is C17H20N2O4S. The van der Waals surface area contributed by atoms with Gasteiger partial charge in [0.2, 0.25) is 15.9 Å². The molecule has 2 aromatic carbocycles. The second-order valence-corrected chi connectivity index (χ2v) is 7.63. The summed E-state index contributed by atoms with van der Waals surface area (Å²) in [7, 11) is -2.06. The van der Waals surface area contributed by atoms with E-state index in [9.17, 15) is 13.2 Å². The van der Waals surface area contributed by atoms with Crippen molar-refractivity contribution in [2.75, 3.05) is 33.3 Å². The first-order valence-electron chi connectivity index (χ1n) is 7.76. The Morgan fingerprint density at radius 3 is 2.21 bits per heavy atom. The van der Waals surface area contributed by atoms with Crippen molar-refractivity contribution in [3.8, 4) is 5.75 Å².